The van der Waals surface area contributed by atoms with E-state index in [1.165, 1.54) is 16.2 Å². The first-order valence-corrected chi connectivity index (χ1v) is 5.55. The van der Waals surface area contributed by atoms with Gasteiger partial charge in [-0.15, -0.1) is 11.3 Å². The molecule has 0 aromatic carbocycles. The number of thiazole rings is 1. The fraction of sp³-hybridized carbons (Fsp3) is 0.444. The standard InChI is InChI=1S/C7H7N3S.C2HF3O2/c8-3-7-10-5-1-2-9-4-6(5)11-7;3-2(4,5)1(6)7/h9H,1-2,4H2;(H,6,7). The van der Waals surface area contributed by atoms with Gasteiger partial charge in [-0.25, -0.2) is 9.78 Å². The highest BCUT2D eigenvalue weighted by Gasteiger charge is 2.38. The molecule has 0 amide bonds. The predicted octanol–water partition coefficient (Wildman–Crippen LogP) is 1.29. The molecule has 0 spiro atoms. The monoisotopic (exact) mass is 279 g/mol. The molecule has 5 nitrogen and oxygen atoms in total. The van der Waals surface area contributed by atoms with Gasteiger partial charge in [-0.3, -0.25) is 0 Å². The number of rotatable bonds is 0. The van der Waals surface area contributed by atoms with Gasteiger partial charge in [-0.1, -0.05) is 0 Å². The minimum atomic E-state index is -5.08. The number of carboxylic acid groups (broad SMARTS) is 1. The Morgan fingerprint density at radius 3 is 2.61 bits per heavy atom. The summed E-state index contributed by atoms with van der Waals surface area (Å²) in [6.07, 6.45) is -4.12. The number of carboxylic acids is 1. The van der Waals surface area contributed by atoms with Crippen LogP contribution in [0.1, 0.15) is 15.6 Å². The van der Waals surface area contributed by atoms with Crippen molar-refractivity contribution in [3.05, 3.63) is 15.6 Å². The number of alkyl halides is 3. The van der Waals surface area contributed by atoms with Gasteiger partial charge in [0.15, 0.2) is 5.01 Å². The zero-order valence-corrected chi connectivity index (χ0v) is 9.73. The van der Waals surface area contributed by atoms with Crippen LogP contribution in [0.4, 0.5) is 13.2 Å². The van der Waals surface area contributed by atoms with E-state index in [0.29, 0.717) is 5.01 Å². The normalized spacial score (nSPS) is 13.9. The van der Waals surface area contributed by atoms with Crippen molar-refractivity contribution in [1.82, 2.24) is 10.3 Å². The maximum Gasteiger partial charge on any atom is 0.490 e. The second-order valence-corrected chi connectivity index (χ2v) is 4.31. The Morgan fingerprint density at radius 2 is 2.17 bits per heavy atom. The number of fused-ring (bicyclic) bond motifs is 1. The number of nitriles is 1. The SMILES string of the molecule is N#Cc1nc2c(s1)CNCC2.O=C(O)C(F)(F)F. The molecule has 1 aliphatic rings. The largest absolute Gasteiger partial charge is 0.490 e. The van der Waals surface area contributed by atoms with Crippen LogP contribution in [0.5, 0.6) is 0 Å². The Bertz CT molecular complexity index is 455. The molecule has 0 unspecified atom stereocenters. The van der Waals surface area contributed by atoms with Crippen molar-refractivity contribution in [3.63, 3.8) is 0 Å². The number of nitrogens with one attached hydrogen (secondary N) is 1. The smallest absolute Gasteiger partial charge is 0.475 e. The molecule has 1 aliphatic heterocycles. The number of hydrogen-bond donors (Lipinski definition) is 2. The second-order valence-electron chi connectivity index (χ2n) is 3.23. The maximum atomic E-state index is 10.6. The number of nitrogens with zero attached hydrogens (tertiary/aromatic N) is 2. The van der Waals surface area contributed by atoms with Crippen LogP contribution in [0, 0.1) is 11.3 Å². The summed E-state index contributed by atoms with van der Waals surface area (Å²) in [6, 6.07) is 2.06. The summed E-state index contributed by atoms with van der Waals surface area (Å²) in [5, 5.41) is 19.5. The summed E-state index contributed by atoms with van der Waals surface area (Å²) in [5.41, 5.74) is 1.12. The predicted molar refractivity (Wildman–Crippen MR) is 55.9 cm³/mol. The van der Waals surface area contributed by atoms with E-state index >= 15 is 0 Å². The molecule has 0 atom stereocenters. The van der Waals surface area contributed by atoms with Crippen LogP contribution in [0.15, 0.2) is 0 Å². The van der Waals surface area contributed by atoms with Gasteiger partial charge >= 0.3 is 12.1 Å². The quantitative estimate of drug-likeness (QED) is 0.747. The van der Waals surface area contributed by atoms with Gasteiger partial charge in [0.1, 0.15) is 6.07 Å². The van der Waals surface area contributed by atoms with Crippen LogP contribution < -0.4 is 5.32 Å². The third kappa shape index (κ3) is 3.97. The molecule has 2 heterocycles. The van der Waals surface area contributed by atoms with Crippen LogP contribution in [-0.4, -0.2) is 28.8 Å². The summed E-state index contributed by atoms with van der Waals surface area (Å²) in [7, 11) is 0. The summed E-state index contributed by atoms with van der Waals surface area (Å²) in [4.78, 5) is 14.3. The Balaban J connectivity index is 0.000000203. The van der Waals surface area contributed by atoms with Crippen LogP contribution in [0.25, 0.3) is 0 Å². The molecule has 0 fully saturated rings. The molecule has 1 aromatic heterocycles. The Morgan fingerprint density at radius 1 is 1.56 bits per heavy atom. The van der Waals surface area contributed by atoms with Crippen molar-refractivity contribution in [2.24, 2.45) is 0 Å². The first-order chi connectivity index (χ1) is 8.34. The molecule has 9 heteroatoms. The molecule has 0 bridgehead atoms. The van der Waals surface area contributed by atoms with Crippen molar-refractivity contribution >= 4 is 17.3 Å². The zero-order valence-electron chi connectivity index (χ0n) is 8.91. The molecule has 1 aromatic rings. The van der Waals surface area contributed by atoms with E-state index in [4.69, 9.17) is 15.2 Å². The number of hydrogen-bond acceptors (Lipinski definition) is 5. The highest BCUT2D eigenvalue weighted by Crippen LogP contribution is 2.20. The highest BCUT2D eigenvalue weighted by molar-refractivity contribution is 7.12. The minimum absolute atomic E-state index is 0.596. The van der Waals surface area contributed by atoms with Crippen molar-refractivity contribution in [3.8, 4) is 6.07 Å². The van der Waals surface area contributed by atoms with Crippen LogP contribution in [0.2, 0.25) is 0 Å². The van der Waals surface area contributed by atoms with Gasteiger partial charge in [-0.05, 0) is 0 Å². The lowest BCUT2D eigenvalue weighted by atomic mass is 10.2. The maximum absolute atomic E-state index is 10.6. The van der Waals surface area contributed by atoms with E-state index in [-0.39, 0.29) is 0 Å². The molecule has 98 valence electrons. The van der Waals surface area contributed by atoms with E-state index in [0.717, 1.165) is 25.2 Å². The molecular formula is C9H8F3N3O2S. The van der Waals surface area contributed by atoms with Crippen molar-refractivity contribution in [1.29, 1.82) is 5.26 Å². The minimum Gasteiger partial charge on any atom is -0.475 e. The fourth-order valence-electron chi connectivity index (χ4n) is 1.17. The molecule has 0 radical (unpaired) electrons. The van der Waals surface area contributed by atoms with Gasteiger partial charge in [0.05, 0.1) is 5.69 Å². The lowest BCUT2D eigenvalue weighted by Crippen LogP contribution is -2.22. The van der Waals surface area contributed by atoms with E-state index < -0.39 is 12.1 Å². The summed E-state index contributed by atoms with van der Waals surface area (Å²) < 4.78 is 31.7. The molecule has 18 heavy (non-hydrogen) atoms. The topological polar surface area (TPSA) is 86.0 Å². The van der Waals surface area contributed by atoms with Crippen molar-refractivity contribution in [2.75, 3.05) is 6.54 Å². The number of aromatic nitrogens is 1. The van der Waals surface area contributed by atoms with E-state index in [2.05, 4.69) is 16.4 Å². The molecule has 2 rings (SSSR count). The second kappa shape index (κ2) is 5.79. The van der Waals surface area contributed by atoms with Gasteiger partial charge in [0.25, 0.3) is 0 Å². The Kier molecular flexibility index (Phi) is 4.63. The number of carbonyl (C=O) groups is 1. The third-order valence-corrected chi connectivity index (χ3v) is 2.94. The average Bonchev–Trinajstić information content (AvgIpc) is 2.71. The zero-order chi connectivity index (χ0) is 13.8. The summed E-state index contributed by atoms with van der Waals surface area (Å²) >= 11 is 1.50. The Labute approximate surface area is 104 Å². The van der Waals surface area contributed by atoms with Gasteiger partial charge in [0, 0.05) is 24.4 Å². The van der Waals surface area contributed by atoms with Gasteiger partial charge < -0.3 is 10.4 Å². The van der Waals surface area contributed by atoms with Crippen molar-refractivity contribution < 1.29 is 23.1 Å². The first kappa shape index (κ1) is 14.4. The average molecular weight is 279 g/mol. The van der Waals surface area contributed by atoms with Gasteiger partial charge in [-0.2, -0.15) is 18.4 Å². The molecular weight excluding hydrogens is 271 g/mol. The van der Waals surface area contributed by atoms with E-state index in [1.807, 2.05) is 0 Å². The summed E-state index contributed by atoms with van der Waals surface area (Å²) in [6.45, 7) is 1.87. The van der Waals surface area contributed by atoms with E-state index in [9.17, 15) is 13.2 Å². The van der Waals surface area contributed by atoms with Crippen LogP contribution >= 0.6 is 11.3 Å². The highest BCUT2D eigenvalue weighted by atomic mass is 32.1. The lowest BCUT2D eigenvalue weighted by molar-refractivity contribution is -0.192. The third-order valence-electron chi connectivity index (χ3n) is 1.94. The fourth-order valence-corrected chi connectivity index (χ4v) is 2.05. The number of halogens is 3. The lowest BCUT2D eigenvalue weighted by Gasteiger charge is -2.09. The summed E-state index contributed by atoms with van der Waals surface area (Å²) in [5.74, 6) is -2.76. The molecule has 2 N–H and O–H groups in total. The van der Waals surface area contributed by atoms with Gasteiger partial charge in [0.2, 0.25) is 0 Å². The molecule has 0 aliphatic carbocycles. The number of aliphatic carboxylic acids is 1. The molecule has 0 saturated carbocycles. The Hall–Kier alpha value is -1.66. The van der Waals surface area contributed by atoms with Crippen LogP contribution in [-0.2, 0) is 17.8 Å². The molecule has 0 saturated heterocycles. The first-order valence-electron chi connectivity index (χ1n) is 4.74. The van der Waals surface area contributed by atoms with Crippen LogP contribution in [0.3, 0.4) is 0 Å². The van der Waals surface area contributed by atoms with E-state index in [1.54, 1.807) is 0 Å². The van der Waals surface area contributed by atoms with Crippen molar-refractivity contribution in [2.45, 2.75) is 19.1 Å².